The third-order valence-corrected chi connectivity index (χ3v) is 22.2. The van der Waals surface area contributed by atoms with Crippen LogP contribution >= 0.6 is 0 Å². The number of ether oxygens (including phenoxy) is 20. The summed E-state index contributed by atoms with van der Waals surface area (Å²) in [6, 6.07) is 29.4. The highest BCUT2D eigenvalue weighted by molar-refractivity contribution is 5.71. The van der Waals surface area contributed by atoms with E-state index in [0.29, 0.717) is 219 Å². The molecule has 0 bridgehead atoms. The lowest BCUT2D eigenvalue weighted by atomic mass is 10.1. The molecule has 0 radical (unpaired) electrons. The Bertz CT molecular complexity index is 3160. The molecule has 0 fully saturated rings. The first-order valence-electron chi connectivity index (χ1n) is 52.3. The summed E-state index contributed by atoms with van der Waals surface area (Å²) in [6.07, 6.45) is 52.3. The molecule has 760 valence electrons. The Hall–Kier alpha value is -6.15. The summed E-state index contributed by atoms with van der Waals surface area (Å²) in [7, 11) is 0. The maximum atomic E-state index is 6.44. The number of anilines is 6. The highest BCUT2D eigenvalue weighted by Gasteiger charge is 2.16. The number of unbranched alkanes of at least 4 members (excludes halogenated alkanes) is 36. The van der Waals surface area contributed by atoms with E-state index >= 15 is 0 Å². The molecule has 0 unspecified atom stereocenters. The zero-order valence-corrected chi connectivity index (χ0v) is 83.4. The van der Waals surface area contributed by atoms with Crippen molar-refractivity contribution in [1.29, 1.82) is 0 Å². The molecule has 26 heteroatoms. The number of benzene rings is 4. The smallest absolute Gasteiger partial charge is 0.233 e. The SMILES string of the molecule is CCCCCCCCCCCCOCCOCCOCCOCCOc1ccc(Nc2nc(Nc3cccc(-c4ccccc4)c3)nc(Nc3ccc(OCCOCCOCCOCCOCCCCCCCCCCCC)c(OCCOCCOCCOCCOCCCCCCCCCCCC)c3)n2)cc1OCCOCCOCCOCCOCCCCCCCCCCCC. The van der Waals surface area contributed by atoms with Gasteiger partial charge in [0.25, 0.3) is 0 Å². The lowest BCUT2D eigenvalue weighted by Crippen LogP contribution is -2.15. The third-order valence-electron chi connectivity index (χ3n) is 22.2. The molecule has 3 N–H and O–H groups in total. The van der Waals surface area contributed by atoms with E-state index in [0.717, 1.165) is 68.9 Å². The first-order chi connectivity index (χ1) is 66.1. The van der Waals surface area contributed by atoms with Gasteiger partial charge in [-0.05, 0) is 73.2 Å². The van der Waals surface area contributed by atoms with Crippen LogP contribution in [0.1, 0.15) is 285 Å². The molecule has 133 heavy (non-hydrogen) atoms. The molecule has 0 saturated carbocycles. The first-order valence-corrected chi connectivity index (χ1v) is 52.3. The van der Waals surface area contributed by atoms with Crippen LogP contribution in [0, 0.1) is 0 Å². The van der Waals surface area contributed by atoms with Gasteiger partial charge in [-0.15, -0.1) is 0 Å². The summed E-state index contributed by atoms with van der Waals surface area (Å²) >= 11 is 0. The average Bonchev–Trinajstić information content (AvgIpc) is 0.819. The van der Waals surface area contributed by atoms with Gasteiger partial charge >= 0.3 is 0 Å². The van der Waals surface area contributed by atoms with Crippen molar-refractivity contribution in [2.24, 2.45) is 0 Å². The fourth-order valence-corrected chi connectivity index (χ4v) is 14.6. The van der Waals surface area contributed by atoms with Crippen molar-refractivity contribution in [3.63, 3.8) is 0 Å². The van der Waals surface area contributed by atoms with Crippen LogP contribution in [-0.4, -0.2) is 253 Å². The van der Waals surface area contributed by atoms with Gasteiger partial charge in [0.1, 0.15) is 26.4 Å². The maximum Gasteiger partial charge on any atom is 0.233 e. The van der Waals surface area contributed by atoms with Crippen molar-refractivity contribution in [2.45, 2.75) is 285 Å². The Labute approximate surface area is 803 Å². The molecule has 0 aliphatic carbocycles. The molecule has 26 nitrogen and oxygen atoms in total. The molecule has 1 heterocycles. The molecule has 1 aromatic heterocycles. The van der Waals surface area contributed by atoms with Crippen molar-refractivity contribution in [2.75, 3.05) is 254 Å². The molecule has 0 saturated heterocycles. The Morgan fingerprint density at radius 2 is 0.361 bits per heavy atom. The minimum Gasteiger partial charge on any atom is -0.487 e. The molecule has 4 aromatic carbocycles. The van der Waals surface area contributed by atoms with Gasteiger partial charge in [-0.2, -0.15) is 15.0 Å². The highest BCUT2D eigenvalue weighted by Crippen LogP contribution is 2.35. The second-order valence-electron chi connectivity index (χ2n) is 33.9. The van der Waals surface area contributed by atoms with Crippen LogP contribution < -0.4 is 34.9 Å². The number of hydrogen-bond acceptors (Lipinski definition) is 26. The summed E-state index contributed by atoms with van der Waals surface area (Å²) in [6.45, 7) is 26.0. The van der Waals surface area contributed by atoms with Gasteiger partial charge in [0, 0.05) is 55.6 Å². The van der Waals surface area contributed by atoms with Crippen LogP contribution in [0.5, 0.6) is 23.0 Å². The van der Waals surface area contributed by atoms with Gasteiger partial charge in [-0.3, -0.25) is 0 Å². The number of hydrogen-bond donors (Lipinski definition) is 3. The summed E-state index contributed by atoms with van der Waals surface area (Å²) in [5, 5.41) is 10.3. The van der Waals surface area contributed by atoms with Crippen molar-refractivity contribution in [3.8, 4) is 34.1 Å². The van der Waals surface area contributed by atoms with E-state index in [2.05, 4.69) is 67.9 Å². The summed E-state index contributed by atoms with van der Waals surface area (Å²) in [5.41, 5.74) is 4.07. The Morgan fingerprint density at radius 3 is 0.602 bits per heavy atom. The van der Waals surface area contributed by atoms with Gasteiger partial charge in [-0.1, -0.05) is 301 Å². The fourth-order valence-electron chi connectivity index (χ4n) is 14.6. The molecule has 5 rings (SSSR count). The molecule has 0 spiro atoms. The van der Waals surface area contributed by atoms with Crippen LogP contribution in [0.2, 0.25) is 0 Å². The fraction of sp³-hybridized carbons (Fsp3) is 0.748. The largest absolute Gasteiger partial charge is 0.487 e. The standard InChI is InChI=1S/C107H182N6O20/c1-5-9-13-17-21-25-29-33-37-44-57-114-61-65-118-69-73-122-77-81-126-85-89-130-101-55-53-99(94-103(101)132-91-87-128-83-79-124-75-71-120-67-63-116-59-46-39-35-31-27-23-19-15-11-7-3)109-106-111-105(108-98-52-48-51-97(93-98)96-49-42-41-43-50-96)112-107(113-106)110-100-54-56-102(131-90-86-127-82-78-123-74-70-119-66-62-115-58-45-38-34-30-26-22-18-14-10-6-2)104(95-100)133-92-88-129-84-80-125-76-72-121-68-64-117-60-47-40-36-32-28-24-20-16-12-8-4/h41-43,48-56,93-95H,5-40,44-47,57-92H2,1-4H3,(H3,108,109,110,111,112,113). The van der Waals surface area contributed by atoms with Gasteiger partial charge in [0.15, 0.2) is 23.0 Å². The highest BCUT2D eigenvalue weighted by atomic mass is 16.6. The van der Waals surface area contributed by atoms with Crippen LogP contribution in [0.15, 0.2) is 91.0 Å². The minimum atomic E-state index is 0.225. The molecule has 0 aliphatic heterocycles. The van der Waals surface area contributed by atoms with Crippen molar-refractivity contribution >= 4 is 34.9 Å². The molecule has 0 atom stereocenters. The average molecular weight is 1870 g/mol. The second kappa shape index (κ2) is 91.0. The lowest BCUT2D eigenvalue weighted by molar-refractivity contribution is -0.00569. The Morgan fingerprint density at radius 1 is 0.165 bits per heavy atom. The van der Waals surface area contributed by atoms with Gasteiger partial charge in [0.2, 0.25) is 17.8 Å². The topological polar surface area (TPSA) is 259 Å². The predicted octanol–water partition coefficient (Wildman–Crippen LogP) is 24.2. The molecular weight excluding hydrogens is 1690 g/mol. The number of rotatable bonds is 103. The second-order valence-corrected chi connectivity index (χ2v) is 33.9. The Balaban J connectivity index is 1.17. The summed E-state index contributed by atoms with van der Waals surface area (Å²) in [4.78, 5) is 14.8. The predicted molar refractivity (Wildman–Crippen MR) is 537 cm³/mol. The van der Waals surface area contributed by atoms with Crippen LogP contribution in [0.3, 0.4) is 0 Å². The number of aromatic nitrogens is 3. The quantitative estimate of drug-likeness (QED) is 0.0306. The van der Waals surface area contributed by atoms with Crippen molar-refractivity contribution in [1.82, 2.24) is 15.0 Å². The van der Waals surface area contributed by atoms with E-state index in [9.17, 15) is 0 Å². The zero-order chi connectivity index (χ0) is 93.7. The van der Waals surface area contributed by atoms with E-state index in [1.54, 1.807) is 0 Å². The van der Waals surface area contributed by atoms with Gasteiger partial charge < -0.3 is 111 Å². The first kappa shape index (κ1) is 117. The monoisotopic (exact) mass is 1870 g/mol. The van der Waals surface area contributed by atoms with Crippen LogP contribution in [0.4, 0.5) is 34.9 Å². The van der Waals surface area contributed by atoms with E-state index in [4.69, 9.17) is 110 Å². The van der Waals surface area contributed by atoms with Gasteiger partial charge in [-0.25, -0.2) is 0 Å². The normalized spacial score (nSPS) is 11.5. The number of nitrogens with zero attached hydrogens (tertiary/aromatic N) is 3. The Kier molecular flexibility index (Phi) is 80.3. The number of nitrogens with one attached hydrogen (secondary N) is 3. The third kappa shape index (κ3) is 70.2. The van der Waals surface area contributed by atoms with Crippen LogP contribution in [-0.2, 0) is 75.8 Å². The lowest BCUT2D eigenvalue weighted by Gasteiger charge is -2.17. The van der Waals surface area contributed by atoms with Crippen LogP contribution in [0.25, 0.3) is 11.1 Å². The maximum absolute atomic E-state index is 6.44. The zero-order valence-electron chi connectivity index (χ0n) is 83.4. The van der Waals surface area contributed by atoms with E-state index in [1.165, 1.54) is 231 Å². The van der Waals surface area contributed by atoms with E-state index < -0.39 is 0 Å². The van der Waals surface area contributed by atoms with E-state index in [-0.39, 0.29) is 44.3 Å². The molecular formula is C107H182N6O20. The molecule has 5 aromatic rings. The van der Waals surface area contributed by atoms with Crippen molar-refractivity contribution in [3.05, 3.63) is 91.0 Å². The minimum absolute atomic E-state index is 0.225. The van der Waals surface area contributed by atoms with E-state index in [1.807, 2.05) is 66.7 Å². The molecule has 0 aliphatic rings. The summed E-state index contributed by atoms with van der Waals surface area (Å²) in [5.74, 6) is 2.68. The summed E-state index contributed by atoms with van der Waals surface area (Å²) < 4.78 is 119. The van der Waals surface area contributed by atoms with Crippen molar-refractivity contribution < 1.29 is 94.7 Å². The molecule has 0 amide bonds. The van der Waals surface area contributed by atoms with Gasteiger partial charge in [0.05, 0.1) is 185 Å².